The van der Waals surface area contributed by atoms with Gasteiger partial charge in [-0.15, -0.1) is 5.73 Å². The topological polar surface area (TPSA) is 0 Å². The maximum atomic E-state index is 3.52. The Kier molecular flexibility index (Phi) is 7.05. The molecule has 0 unspecified atom stereocenters. The van der Waals surface area contributed by atoms with Gasteiger partial charge in [0.15, 0.2) is 0 Å². The van der Waals surface area contributed by atoms with E-state index in [0.29, 0.717) is 0 Å². The summed E-state index contributed by atoms with van der Waals surface area (Å²) in [6.07, 6.45) is 9.74. The Hall–Kier alpha value is -1.00. The Balaban J connectivity index is 3.73. The summed E-state index contributed by atoms with van der Waals surface area (Å²) in [7, 11) is 0. The molecule has 0 rings (SSSR count). The Morgan fingerprint density at radius 1 is 1.23 bits per heavy atom. The first kappa shape index (κ1) is 12.0. The molecule has 13 heavy (non-hydrogen) atoms. The van der Waals surface area contributed by atoms with Crippen molar-refractivity contribution in [2.24, 2.45) is 0 Å². The minimum atomic E-state index is 0.962. The lowest BCUT2D eigenvalue weighted by Gasteiger charge is -1.97. The monoisotopic (exact) mass is 176 g/mol. The van der Waals surface area contributed by atoms with Gasteiger partial charge in [0.05, 0.1) is 0 Å². The predicted octanol–water partition coefficient (Wildman–Crippen LogP) is 4.41. The fourth-order valence-electron chi connectivity index (χ4n) is 1.03. The highest BCUT2D eigenvalue weighted by Gasteiger charge is 1.87. The average molecular weight is 176 g/mol. The number of rotatable bonds is 5. The molecule has 0 saturated carbocycles. The van der Waals surface area contributed by atoms with E-state index in [1.165, 1.54) is 11.1 Å². The van der Waals surface area contributed by atoms with E-state index in [2.05, 4.69) is 45.2 Å². The average Bonchev–Trinajstić information content (AvgIpc) is 2.04. The smallest absolute Gasteiger partial charge is 0.00906 e. The standard InChI is InChI=1S/C13H20/c1-5-6-7-10-13(4)11-8-9-12(2)3/h6,9-10H,1,7-8,11H2,2-4H3. The molecule has 0 radical (unpaired) electrons. The maximum absolute atomic E-state index is 3.52. The number of hydrogen-bond donors (Lipinski definition) is 0. The van der Waals surface area contributed by atoms with E-state index in [1.807, 2.05) is 6.08 Å². The first-order valence-corrected chi connectivity index (χ1v) is 4.80. The molecule has 0 spiro atoms. The molecular weight excluding hydrogens is 156 g/mol. The van der Waals surface area contributed by atoms with Crippen molar-refractivity contribution in [1.82, 2.24) is 0 Å². The van der Waals surface area contributed by atoms with E-state index in [1.54, 1.807) is 0 Å². The van der Waals surface area contributed by atoms with E-state index in [9.17, 15) is 0 Å². The highest BCUT2D eigenvalue weighted by atomic mass is 13.9. The van der Waals surface area contributed by atoms with Crippen molar-refractivity contribution in [3.05, 3.63) is 41.7 Å². The summed E-state index contributed by atoms with van der Waals surface area (Å²) < 4.78 is 0. The van der Waals surface area contributed by atoms with Crippen molar-refractivity contribution < 1.29 is 0 Å². The minimum Gasteiger partial charge on any atom is -0.133 e. The molecule has 0 amide bonds. The number of allylic oxidation sites excluding steroid dienone is 5. The van der Waals surface area contributed by atoms with Gasteiger partial charge in [0.2, 0.25) is 0 Å². The van der Waals surface area contributed by atoms with Crippen LogP contribution in [0.2, 0.25) is 0 Å². The lowest BCUT2D eigenvalue weighted by atomic mass is 10.1. The van der Waals surface area contributed by atoms with Crippen molar-refractivity contribution >= 4 is 0 Å². The van der Waals surface area contributed by atoms with Gasteiger partial charge in [-0.25, -0.2) is 0 Å². The highest BCUT2D eigenvalue weighted by molar-refractivity contribution is 5.04. The summed E-state index contributed by atoms with van der Waals surface area (Å²) in [6.45, 7) is 9.98. The molecule has 0 aromatic heterocycles. The Bertz CT molecular complexity index is 231. The van der Waals surface area contributed by atoms with Gasteiger partial charge < -0.3 is 0 Å². The molecule has 0 atom stereocenters. The third-order valence-corrected chi connectivity index (χ3v) is 1.82. The molecule has 0 heteroatoms. The summed E-state index contributed by atoms with van der Waals surface area (Å²) in [4.78, 5) is 0. The van der Waals surface area contributed by atoms with Crippen LogP contribution >= 0.6 is 0 Å². The molecule has 0 heterocycles. The molecule has 0 saturated heterocycles. The molecule has 0 nitrogen and oxygen atoms in total. The van der Waals surface area contributed by atoms with Gasteiger partial charge in [-0.05, 0) is 46.1 Å². The second-order valence-electron chi connectivity index (χ2n) is 3.51. The zero-order valence-corrected chi connectivity index (χ0v) is 9.06. The minimum absolute atomic E-state index is 0.962. The molecule has 0 aromatic rings. The van der Waals surface area contributed by atoms with Crippen LogP contribution in [0.3, 0.4) is 0 Å². The van der Waals surface area contributed by atoms with E-state index in [-0.39, 0.29) is 0 Å². The first-order chi connectivity index (χ1) is 6.16. The molecule has 0 bridgehead atoms. The van der Waals surface area contributed by atoms with Gasteiger partial charge >= 0.3 is 0 Å². The summed E-state index contributed by atoms with van der Waals surface area (Å²) in [5, 5.41) is 0. The third-order valence-electron chi connectivity index (χ3n) is 1.82. The van der Waals surface area contributed by atoms with Gasteiger partial charge in [0, 0.05) is 0 Å². The molecule has 0 aromatic carbocycles. The fraction of sp³-hybridized carbons (Fsp3) is 0.462. The van der Waals surface area contributed by atoms with Crippen LogP contribution in [-0.4, -0.2) is 0 Å². The second kappa shape index (κ2) is 7.64. The Morgan fingerprint density at radius 3 is 2.46 bits per heavy atom. The van der Waals surface area contributed by atoms with Gasteiger partial charge in [-0.2, -0.15) is 0 Å². The van der Waals surface area contributed by atoms with Crippen molar-refractivity contribution in [3.8, 4) is 0 Å². The van der Waals surface area contributed by atoms with Crippen LogP contribution in [-0.2, 0) is 0 Å². The van der Waals surface area contributed by atoms with Crippen LogP contribution < -0.4 is 0 Å². The summed E-state index contributed by atoms with van der Waals surface area (Å²) in [5.41, 5.74) is 5.62. The van der Waals surface area contributed by atoms with Crippen molar-refractivity contribution in [2.45, 2.75) is 40.0 Å². The first-order valence-electron chi connectivity index (χ1n) is 4.80. The van der Waals surface area contributed by atoms with Crippen LogP contribution in [0.4, 0.5) is 0 Å². The lowest BCUT2D eigenvalue weighted by molar-refractivity contribution is 0.958. The van der Waals surface area contributed by atoms with Crippen LogP contribution in [0.15, 0.2) is 41.7 Å². The van der Waals surface area contributed by atoms with E-state index >= 15 is 0 Å². The zero-order valence-electron chi connectivity index (χ0n) is 9.06. The van der Waals surface area contributed by atoms with E-state index < -0.39 is 0 Å². The molecule has 0 aliphatic heterocycles. The van der Waals surface area contributed by atoms with Gasteiger partial charge in [0.25, 0.3) is 0 Å². The molecule has 0 aliphatic rings. The van der Waals surface area contributed by atoms with E-state index in [0.717, 1.165) is 19.3 Å². The van der Waals surface area contributed by atoms with E-state index in [4.69, 9.17) is 0 Å². The SMILES string of the molecule is C=C=CCC=C(C)CCC=C(C)C. The van der Waals surface area contributed by atoms with Gasteiger partial charge in [-0.3, -0.25) is 0 Å². The third kappa shape index (κ3) is 8.91. The zero-order chi connectivity index (χ0) is 10.1. The molecule has 72 valence electrons. The van der Waals surface area contributed by atoms with Crippen LogP contribution in [0.5, 0.6) is 0 Å². The van der Waals surface area contributed by atoms with Gasteiger partial charge in [-0.1, -0.05) is 29.9 Å². The Labute approximate surface area is 82.4 Å². The van der Waals surface area contributed by atoms with Gasteiger partial charge in [0.1, 0.15) is 0 Å². The summed E-state index contributed by atoms with van der Waals surface area (Å²) in [5.74, 6) is 0. The molecule has 0 fully saturated rings. The van der Waals surface area contributed by atoms with Crippen LogP contribution in [0.25, 0.3) is 0 Å². The summed E-state index contributed by atoms with van der Waals surface area (Å²) in [6, 6.07) is 0. The largest absolute Gasteiger partial charge is 0.133 e. The Morgan fingerprint density at radius 2 is 1.92 bits per heavy atom. The normalized spacial score (nSPS) is 10.5. The summed E-state index contributed by atoms with van der Waals surface area (Å²) >= 11 is 0. The second-order valence-corrected chi connectivity index (χ2v) is 3.51. The fourth-order valence-corrected chi connectivity index (χ4v) is 1.03. The van der Waals surface area contributed by atoms with Crippen molar-refractivity contribution in [3.63, 3.8) is 0 Å². The quantitative estimate of drug-likeness (QED) is 0.430. The molecular formula is C13H20. The van der Waals surface area contributed by atoms with Crippen molar-refractivity contribution in [2.75, 3.05) is 0 Å². The number of hydrogen-bond acceptors (Lipinski definition) is 0. The molecule has 0 N–H and O–H groups in total. The van der Waals surface area contributed by atoms with Crippen LogP contribution in [0, 0.1) is 0 Å². The molecule has 0 aliphatic carbocycles. The maximum Gasteiger partial charge on any atom is -0.00906 e. The van der Waals surface area contributed by atoms with Crippen LogP contribution in [0.1, 0.15) is 40.0 Å². The highest BCUT2D eigenvalue weighted by Crippen LogP contribution is 2.07. The predicted molar refractivity (Wildman–Crippen MR) is 60.7 cm³/mol. The van der Waals surface area contributed by atoms with Crippen molar-refractivity contribution in [1.29, 1.82) is 0 Å². The lowest BCUT2D eigenvalue weighted by Crippen LogP contribution is -1.76.